The molecule has 1 aliphatic rings. The lowest BCUT2D eigenvalue weighted by atomic mass is 10.2. The van der Waals surface area contributed by atoms with Crippen LogP contribution in [0.2, 0.25) is 0 Å². The van der Waals surface area contributed by atoms with Gasteiger partial charge in [-0.15, -0.1) is 4.47 Å². The highest BCUT2D eigenvalue weighted by atomic mass is 32.2. The molecule has 0 radical (unpaired) electrons. The second kappa shape index (κ2) is 2.27. The zero-order valence-corrected chi connectivity index (χ0v) is 6.14. The van der Waals surface area contributed by atoms with Gasteiger partial charge in [0.15, 0.2) is 0 Å². The lowest BCUT2D eigenvalue weighted by molar-refractivity contribution is 0.0135. The first kappa shape index (κ1) is 6.22. The van der Waals surface area contributed by atoms with Gasteiger partial charge < -0.3 is 5.21 Å². The molecule has 0 saturated carbocycles. The molecule has 0 saturated heterocycles. The van der Waals surface area contributed by atoms with Gasteiger partial charge in [0.05, 0.1) is 6.54 Å². The van der Waals surface area contributed by atoms with Crippen LogP contribution in [0.1, 0.15) is 5.56 Å². The highest BCUT2D eigenvalue weighted by molar-refractivity contribution is 7.97. The summed E-state index contributed by atoms with van der Waals surface area (Å²) in [5.41, 5.74) is 1.20. The zero-order chi connectivity index (χ0) is 6.97. The molecule has 0 bridgehead atoms. The summed E-state index contributed by atoms with van der Waals surface area (Å²) in [6.07, 6.45) is 0. The van der Waals surface area contributed by atoms with E-state index in [0.717, 1.165) is 4.90 Å². The Labute approximate surface area is 63.6 Å². The fraction of sp³-hybridized carbons (Fsp3) is 0.143. The predicted molar refractivity (Wildman–Crippen MR) is 39.6 cm³/mol. The Morgan fingerprint density at radius 1 is 1.40 bits per heavy atom. The molecule has 3 heteroatoms. The number of fused-ring (bicyclic) bond motifs is 1. The van der Waals surface area contributed by atoms with E-state index in [9.17, 15) is 0 Å². The second-order valence-electron chi connectivity index (χ2n) is 2.21. The third-order valence-electron chi connectivity index (χ3n) is 1.48. The van der Waals surface area contributed by atoms with E-state index in [1.165, 1.54) is 22.0 Å². The third-order valence-corrected chi connectivity index (χ3v) is 2.42. The summed E-state index contributed by atoms with van der Waals surface area (Å²) in [4.78, 5) is 1.16. The molecule has 1 heterocycles. The summed E-state index contributed by atoms with van der Waals surface area (Å²) in [5, 5.41) is 9.05. The van der Waals surface area contributed by atoms with Gasteiger partial charge in [0.25, 0.3) is 0 Å². The van der Waals surface area contributed by atoms with Gasteiger partial charge in [-0.05, 0) is 23.6 Å². The standard InChI is InChI=1S/C7H7NOS/c9-8-5-6-3-1-2-4-7(6)10-8/h1-4,9H,5H2. The molecule has 0 aromatic heterocycles. The number of nitrogens with zero attached hydrogens (tertiary/aromatic N) is 1. The maximum Gasteiger partial charge on any atom is 0.0619 e. The van der Waals surface area contributed by atoms with Crippen molar-refractivity contribution in [2.75, 3.05) is 0 Å². The van der Waals surface area contributed by atoms with Crippen molar-refractivity contribution in [1.82, 2.24) is 4.47 Å². The Hall–Kier alpha value is -0.510. The molecule has 0 amide bonds. The van der Waals surface area contributed by atoms with Crippen molar-refractivity contribution in [3.05, 3.63) is 29.8 Å². The fourth-order valence-corrected chi connectivity index (χ4v) is 1.83. The Morgan fingerprint density at radius 3 is 3.00 bits per heavy atom. The van der Waals surface area contributed by atoms with Crippen molar-refractivity contribution < 1.29 is 5.21 Å². The van der Waals surface area contributed by atoms with Crippen molar-refractivity contribution in [2.24, 2.45) is 0 Å². The molecule has 0 unspecified atom stereocenters. The van der Waals surface area contributed by atoms with Gasteiger partial charge in [0.2, 0.25) is 0 Å². The quantitative estimate of drug-likeness (QED) is 0.576. The molecule has 0 fully saturated rings. The molecule has 2 nitrogen and oxygen atoms in total. The van der Waals surface area contributed by atoms with Crippen LogP contribution < -0.4 is 0 Å². The van der Waals surface area contributed by atoms with E-state index in [4.69, 9.17) is 5.21 Å². The number of rotatable bonds is 0. The molecule has 10 heavy (non-hydrogen) atoms. The number of benzene rings is 1. The summed E-state index contributed by atoms with van der Waals surface area (Å²) in [6, 6.07) is 8.00. The van der Waals surface area contributed by atoms with E-state index in [-0.39, 0.29) is 0 Å². The fourth-order valence-electron chi connectivity index (χ4n) is 1.02. The van der Waals surface area contributed by atoms with Gasteiger partial charge in [-0.3, -0.25) is 0 Å². The maximum atomic E-state index is 9.05. The van der Waals surface area contributed by atoms with Crippen LogP contribution in [0.4, 0.5) is 0 Å². The number of hydrogen-bond acceptors (Lipinski definition) is 3. The zero-order valence-electron chi connectivity index (χ0n) is 5.32. The van der Waals surface area contributed by atoms with Gasteiger partial charge in [-0.2, -0.15) is 0 Å². The van der Waals surface area contributed by atoms with Gasteiger partial charge >= 0.3 is 0 Å². The number of hydrogen-bond donors (Lipinski definition) is 1. The smallest absolute Gasteiger partial charge is 0.0619 e. The predicted octanol–water partition coefficient (Wildman–Crippen LogP) is 1.90. The minimum absolute atomic E-state index is 0.640. The van der Waals surface area contributed by atoms with Crippen LogP contribution in [-0.2, 0) is 6.54 Å². The van der Waals surface area contributed by atoms with Crippen LogP contribution >= 0.6 is 11.9 Å². The normalized spacial score (nSPS) is 17.3. The van der Waals surface area contributed by atoms with Gasteiger partial charge in [0.1, 0.15) is 0 Å². The monoisotopic (exact) mass is 153 g/mol. The number of hydroxylamine groups is 1. The first-order valence-corrected chi connectivity index (χ1v) is 3.86. The molecule has 2 rings (SSSR count). The van der Waals surface area contributed by atoms with Crippen LogP contribution in [0.15, 0.2) is 29.2 Å². The van der Waals surface area contributed by atoms with Gasteiger partial charge in [-0.25, -0.2) is 0 Å². The Morgan fingerprint density at radius 2 is 2.20 bits per heavy atom. The average molecular weight is 153 g/mol. The molecule has 52 valence electrons. The molecule has 1 N–H and O–H groups in total. The minimum atomic E-state index is 0.640. The largest absolute Gasteiger partial charge is 0.303 e. The lowest BCUT2D eigenvalue weighted by Crippen LogP contribution is -2.00. The molecule has 0 spiro atoms. The summed E-state index contributed by atoms with van der Waals surface area (Å²) in [6.45, 7) is 0.640. The molecular formula is C7H7NOS. The van der Waals surface area contributed by atoms with Crippen LogP contribution in [0.25, 0.3) is 0 Å². The van der Waals surface area contributed by atoms with Crippen LogP contribution in [0.3, 0.4) is 0 Å². The van der Waals surface area contributed by atoms with Crippen LogP contribution in [-0.4, -0.2) is 9.68 Å². The van der Waals surface area contributed by atoms with E-state index >= 15 is 0 Å². The van der Waals surface area contributed by atoms with Crippen LogP contribution in [0.5, 0.6) is 0 Å². The first-order valence-electron chi connectivity index (χ1n) is 3.08. The van der Waals surface area contributed by atoms with Crippen molar-refractivity contribution in [3.63, 3.8) is 0 Å². The molecule has 1 aromatic carbocycles. The second-order valence-corrected chi connectivity index (χ2v) is 3.25. The topological polar surface area (TPSA) is 23.5 Å². The summed E-state index contributed by atoms with van der Waals surface area (Å²) in [5.74, 6) is 0. The van der Waals surface area contributed by atoms with E-state index in [1.807, 2.05) is 24.3 Å². The van der Waals surface area contributed by atoms with Gasteiger partial charge in [-0.1, -0.05) is 18.2 Å². The summed E-state index contributed by atoms with van der Waals surface area (Å²) < 4.78 is 1.24. The minimum Gasteiger partial charge on any atom is -0.303 e. The van der Waals surface area contributed by atoms with Crippen molar-refractivity contribution in [1.29, 1.82) is 0 Å². The SMILES string of the molecule is ON1Cc2ccccc2S1. The highest BCUT2D eigenvalue weighted by Crippen LogP contribution is 2.33. The average Bonchev–Trinajstić information content (AvgIpc) is 2.27. The summed E-state index contributed by atoms with van der Waals surface area (Å²) >= 11 is 1.38. The first-order chi connectivity index (χ1) is 4.86. The lowest BCUT2D eigenvalue weighted by Gasteiger charge is -1.98. The van der Waals surface area contributed by atoms with Crippen molar-refractivity contribution in [3.8, 4) is 0 Å². The maximum absolute atomic E-state index is 9.05. The molecule has 0 atom stereocenters. The van der Waals surface area contributed by atoms with Gasteiger partial charge in [0, 0.05) is 4.90 Å². The van der Waals surface area contributed by atoms with E-state index < -0.39 is 0 Å². The van der Waals surface area contributed by atoms with E-state index in [2.05, 4.69) is 0 Å². The van der Waals surface area contributed by atoms with E-state index in [1.54, 1.807) is 0 Å². The molecule has 0 aliphatic carbocycles. The van der Waals surface area contributed by atoms with E-state index in [0.29, 0.717) is 6.54 Å². The van der Waals surface area contributed by atoms with Crippen LogP contribution in [0, 0.1) is 0 Å². The van der Waals surface area contributed by atoms with Crippen molar-refractivity contribution >= 4 is 11.9 Å². The Kier molecular flexibility index (Phi) is 1.41. The Bertz CT molecular complexity index is 226. The third kappa shape index (κ3) is 0.923. The highest BCUT2D eigenvalue weighted by Gasteiger charge is 2.16. The molecule has 1 aromatic rings. The van der Waals surface area contributed by atoms with Crippen molar-refractivity contribution in [2.45, 2.75) is 11.4 Å². The Balaban J connectivity index is 2.42. The molecule has 1 aliphatic heterocycles. The molecular weight excluding hydrogens is 146 g/mol. The summed E-state index contributed by atoms with van der Waals surface area (Å²) in [7, 11) is 0.